The first-order valence-corrected chi connectivity index (χ1v) is 12.9. The van der Waals surface area contributed by atoms with E-state index in [1.54, 1.807) is 23.6 Å². The highest BCUT2D eigenvalue weighted by molar-refractivity contribution is 7.09. The maximum Gasteiger partial charge on any atom is 0.253 e. The number of pyridine rings is 2. The van der Waals surface area contributed by atoms with Crippen molar-refractivity contribution in [2.75, 3.05) is 0 Å². The predicted molar refractivity (Wildman–Crippen MR) is 138 cm³/mol. The van der Waals surface area contributed by atoms with E-state index in [1.165, 1.54) is 23.0 Å². The standard InChI is InChI=1S/C27H26ClN5OS/c28-23-16-29-12-10-22(23)27(34)32-15-19-6-8-20(9-7-19)17-33(18-25-30-13-14-35-25)24-5-1-3-21-4-2-11-31-26(21)24/h2,4,6-14,16,24H,1,3,5,15,17-18H2,(H,32,34). The number of amides is 1. The number of benzene rings is 1. The van der Waals surface area contributed by atoms with Crippen LogP contribution in [-0.2, 0) is 26.1 Å². The Balaban J connectivity index is 1.28. The summed E-state index contributed by atoms with van der Waals surface area (Å²) in [5.41, 5.74) is 5.23. The Morgan fingerprint density at radius 3 is 2.71 bits per heavy atom. The molecule has 1 aliphatic carbocycles. The minimum atomic E-state index is -0.209. The molecule has 0 saturated carbocycles. The van der Waals surface area contributed by atoms with Crippen LogP contribution in [0.1, 0.15) is 56.6 Å². The molecule has 8 heteroatoms. The van der Waals surface area contributed by atoms with E-state index in [1.807, 2.05) is 23.8 Å². The lowest BCUT2D eigenvalue weighted by atomic mass is 9.90. The fourth-order valence-corrected chi connectivity index (χ4v) is 5.40. The molecule has 0 radical (unpaired) electrons. The monoisotopic (exact) mass is 503 g/mol. The van der Waals surface area contributed by atoms with Crippen LogP contribution in [0, 0.1) is 0 Å². The number of carbonyl (C=O) groups is 1. The summed E-state index contributed by atoms with van der Waals surface area (Å²) < 4.78 is 0. The van der Waals surface area contributed by atoms with Gasteiger partial charge in [0.05, 0.1) is 28.9 Å². The minimum absolute atomic E-state index is 0.209. The molecule has 178 valence electrons. The molecule has 1 unspecified atom stereocenters. The topological polar surface area (TPSA) is 71.0 Å². The quantitative estimate of drug-likeness (QED) is 0.339. The third kappa shape index (κ3) is 5.75. The van der Waals surface area contributed by atoms with Gasteiger partial charge in [0.15, 0.2) is 0 Å². The van der Waals surface area contributed by atoms with Gasteiger partial charge in [0.25, 0.3) is 5.91 Å². The molecule has 6 nitrogen and oxygen atoms in total. The summed E-state index contributed by atoms with van der Waals surface area (Å²) in [4.78, 5) is 28.2. The second-order valence-corrected chi connectivity index (χ2v) is 10.0. The zero-order valence-corrected chi connectivity index (χ0v) is 20.8. The molecule has 0 spiro atoms. The van der Waals surface area contributed by atoms with Crippen LogP contribution in [0.3, 0.4) is 0 Å². The molecule has 5 rings (SSSR count). The van der Waals surface area contributed by atoms with E-state index >= 15 is 0 Å². The van der Waals surface area contributed by atoms with Crippen molar-refractivity contribution in [3.8, 4) is 0 Å². The Kier molecular flexibility index (Phi) is 7.47. The van der Waals surface area contributed by atoms with Gasteiger partial charge in [-0.3, -0.25) is 19.7 Å². The number of nitrogens with zero attached hydrogens (tertiary/aromatic N) is 4. The molecule has 0 saturated heterocycles. The van der Waals surface area contributed by atoms with Crippen molar-refractivity contribution in [1.82, 2.24) is 25.2 Å². The number of rotatable bonds is 8. The first kappa shape index (κ1) is 23.6. The summed E-state index contributed by atoms with van der Waals surface area (Å²) in [6.45, 7) is 2.03. The lowest BCUT2D eigenvalue weighted by Crippen LogP contribution is -2.31. The molecule has 1 aliphatic rings. The highest BCUT2D eigenvalue weighted by atomic mass is 35.5. The molecule has 1 atom stereocenters. The Morgan fingerprint density at radius 1 is 1.06 bits per heavy atom. The van der Waals surface area contributed by atoms with Crippen LogP contribution in [0.15, 0.2) is 72.6 Å². The first-order chi connectivity index (χ1) is 17.2. The van der Waals surface area contributed by atoms with Crippen molar-refractivity contribution in [2.24, 2.45) is 0 Å². The fourth-order valence-electron chi connectivity index (χ4n) is 4.56. The maximum absolute atomic E-state index is 12.4. The van der Waals surface area contributed by atoms with Crippen molar-refractivity contribution in [1.29, 1.82) is 0 Å². The molecule has 1 aromatic carbocycles. The first-order valence-electron chi connectivity index (χ1n) is 11.7. The number of fused-ring (bicyclic) bond motifs is 1. The predicted octanol–water partition coefficient (Wildman–Crippen LogP) is 5.60. The van der Waals surface area contributed by atoms with Gasteiger partial charge in [-0.05, 0) is 48.1 Å². The number of carbonyl (C=O) groups excluding carboxylic acids is 1. The maximum atomic E-state index is 12.4. The second kappa shape index (κ2) is 11.1. The molecule has 0 aliphatic heterocycles. The van der Waals surface area contributed by atoms with Crippen molar-refractivity contribution >= 4 is 28.8 Å². The summed E-state index contributed by atoms with van der Waals surface area (Å²) in [5.74, 6) is -0.209. The summed E-state index contributed by atoms with van der Waals surface area (Å²) in [6, 6.07) is 14.5. The summed E-state index contributed by atoms with van der Waals surface area (Å²) in [6.07, 6.45) is 10.2. The van der Waals surface area contributed by atoms with E-state index in [-0.39, 0.29) is 11.9 Å². The van der Waals surface area contributed by atoms with Crippen LogP contribution in [0.5, 0.6) is 0 Å². The SMILES string of the molecule is O=C(NCc1ccc(CN(Cc2nccs2)C2CCCc3cccnc32)cc1)c1ccncc1Cl. The average Bonchev–Trinajstić information content (AvgIpc) is 3.41. The molecule has 1 N–H and O–H groups in total. The van der Waals surface area contributed by atoms with Gasteiger partial charge in [0, 0.05) is 43.3 Å². The van der Waals surface area contributed by atoms with Gasteiger partial charge in [-0.15, -0.1) is 11.3 Å². The summed E-state index contributed by atoms with van der Waals surface area (Å²) in [7, 11) is 0. The number of halogens is 1. The van der Waals surface area contributed by atoms with Crippen molar-refractivity contribution in [2.45, 2.75) is 44.9 Å². The molecule has 0 fully saturated rings. The number of hydrogen-bond acceptors (Lipinski definition) is 6. The lowest BCUT2D eigenvalue weighted by molar-refractivity contribution is 0.0951. The van der Waals surface area contributed by atoms with E-state index < -0.39 is 0 Å². The van der Waals surface area contributed by atoms with Gasteiger partial charge in [0.2, 0.25) is 0 Å². The number of aromatic nitrogens is 3. The lowest BCUT2D eigenvalue weighted by Gasteiger charge is -2.34. The van der Waals surface area contributed by atoms with Crippen LogP contribution in [-0.4, -0.2) is 25.8 Å². The molecule has 1 amide bonds. The molecular formula is C27H26ClN5OS. The Hall–Kier alpha value is -3.13. The minimum Gasteiger partial charge on any atom is -0.348 e. The highest BCUT2D eigenvalue weighted by Gasteiger charge is 2.27. The van der Waals surface area contributed by atoms with Crippen molar-refractivity contribution < 1.29 is 4.79 Å². The van der Waals surface area contributed by atoms with E-state index in [9.17, 15) is 4.79 Å². The smallest absolute Gasteiger partial charge is 0.253 e. The number of hydrogen-bond donors (Lipinski definition) is 1. The normalized spacial score (nSPS) is 15.1. The van der Waals surface area contributed by atoms with Gasteiger partial charge in [0.1, 0.15) is 5.01 Å². The molecule has 0 bridgehead atoms. The third-order valence-electron chi connectivity index (χ3n) is 6.31. The molecular weight excluding hydrogens is 478 g/mol. The fraction of sp³-hybridized carbons (Fsp3) is 0.259. The molecule has 3 aromatic heterocycles. The van der Waals surface area contributed by atoms with E-state index in [2.05, 4.69) is 50.5 Å². The number of nitrogens with one attached hydrogen (secondary N) is 1. The van der Waals surface area contributed by atoms with E-state index in [0.717, 1.165) is 42.9 Å². The van der Waals surface area contributed by atoms with Gasteiger partial charge in [-0.25, -0.2) is 4.98 Å². The largest absolute Gasteiger partial charge is 0.348 e. The van der Waals surface area contributed by atoms with Gasteiger partial charge in [-0.2, -0.15) is 0 Å². The highest BCUT2D eigenvalue weighted by Crippen LogP contribution is 2.35. The van der Waals surface area contributed by atoms with Gasteiger partial charge in [-0.1, -0.05) is 41.9 Å². The van der Waals surface area contributed by atoms with Crippen LogP contribution >= 0.6 is 22.9 Å². The van der Waals surface area contributed by atoms with Gasteiger partial charge >= 0.3 is 0 Å². The second-order valence-electron chi connectivity index (χ2n) is 8.64. The molecule has 3 heterocycles. The Bertz CT molecular complexity index is 1280. The van der Waals surface area contributed by atoms with Crippen LogP contribution in [0.4, 0.5) is 0 Å². The van der Waals surface area contributed by atoms with Crippen LogP contribution in [0.2, 0.25) is 5.02 Å². The van der Waals surface area contributed by atoms with E-state index in [0.29, 0.717) is 17.1 Å². The van der Waals surface area contributed by atoms with Crippen LogP contribution < -0.4 is 5.32 Å². The van der Waals surface area contributed by atoms with Crippen molar-refractivity contribution in [3.63, 3.8) is 0 Å². The zero-order valence-electron chi connectivity index (χ0n) is 19.2. The zero-order chi connectivity index (χ0) is 24.0. The number of aryl methyl sites for hydroxylation is 1. The number of thiazole rings is 1. The Morgan fingerprint density at radius 2 is 1.91 bits per heavy atom. The third-order valence-corrected chi connectivity index (χ3v) is 7.37. The Labute approximate surface area is 214 Å². The van der Waals surface area contributed by atoms with Crippen LogP contribution in [0.25, 0.3) is 0 Å². The molecule has 35 heavy (non-hydrogen) atoms. The van der Waals surface area contributed by atoms with Crippen molar-refractivity contribution in [3.05, 3.63) is 111 Å². The average molecular weight is 504 g/mol. The van der Waals surface area contributed by atoms with E-state index in [4.69, 9.17) is 16.6 Å². The molecule has 4 aromatic rings. The summed E-state index contributed by atoms with van der Waals surface area (Å²) in [5, 5.41) is 6.42. The summed E-state index contributed by atoms with van der Waals surface area (Å²) >= 11 is 7.77. The van der Waals surface area contributed by atoms with Gasteiger partial charge < -0.3 is 5.32 Å².